The molecule has 0 bridgehead atoms. The molecule has 0 saturated carbocycles. The number of hydrogen-bond donors (Lipinski definition) is 1. The van der Waals surface area contributed by atoms with Gasteiger partial charge in [-0.25, -0.2) is 4.79 Å². The van der Waals surface area contributed by atoms with E-state index in [0.29, 0.717) is 24.2 Å². The number of carboxylic acids is 1. The molecule has 2 aromatic carbocycles. The van der Waals surface area contributed by atoms with Crippen molar-refractivity contribution in [2.45, 2.75) is 38.7 Å². The van der Waals surface area contributed by atoms with Gasteiger partial charge in [0.05, 0.1) is 16.7 Å². The average molecular weight is 491 g/mol. The largest absolute Gasteiger partial charge is 0.573 e. The third-order valence-corrected chi connectivity index (χ3v) is 4.48. The van der Waals surface area contributed by atoms with Gasteiger partial charge >= 0.3 is 12.3 Å². The lowest BCUT2D eigenvalue weighted by atomic mass is 10.1. The highest BCUT2D eigenvalue weighted by atomic mass is 35.5. The van der Waals surface area contributed by atoms with Crippen molar-refractivity contribution in [3.8, 4) is 29.1 Å². The predicted molar refractivity (Wildman–Crippen MR) is 114 cm³/mol. The van der Waals surface area contributed by atoms with Crippen LogP contribution in [0, 0.1) is 11.8 Å². The van der Waals surface area contributed by atoms with Gasteiger partial charge in [-0.15, -0.1) is 13.2 Å². The normalized spacial score (nSPS) is 11.3. The summed E-state index contributed by atoms with van der Waals surface area (Å²) in [6, 6.07) is 8.07. The quantitative estimate of drug-likeness (QED) is 0.345. The number of rotatable bonds is 8. The summed E-state index contributed by atoms with van der Waals surface area (Å²) in [4.78, 5) is 11.2. The molecule has 2 rings (SSSR count). The van der Waals surface area contributed by atoms with Crippen LogP contribution in [0.4, 0.5) is 13.2 Å². The topological polar surface area (TPSA) is 65.0 Å². The zero-order chi connectivity index (χ0) is 23.9. The molecular weight excluding hydrogens is 472 g/mol. The van der Waals surface area contributed by atoms with E-state index in [0.717, 1.165) is 0 Å². The Bertz CT molecular complexity index is 1010. The predicted octanol–water partition coefficient (Wildman–Crippen LogP) is 6.34. The van der Waals surface area contributed by atoms with Gasteiger partial charge in [0, 0.05) is 24.1 Å². The smallest absolute Gasteiger partial charge is 0.492 e. The zero-order valence-corrected chi connectivity index (χ0v) is 18.6. The fraction of sp³-hybridized carbons (Fsp3) is 0.318. The molecule has 0 spiro atoms. The molecular formula is C22H19Cl2F3O5. The Kier molecular flexibility index (Phi) is 8.53. The molecule has 0 fully saturated rings. The number of aliphatic carboxylic acids is 1. The molecule has 0 atom stereocenters. The average Bonchev–Trinajstić information content (AvgIpc) is 2.67. The second-order valence-electron chi connectivity index (χ2n) is 6.96. The first kappa shape index (κ1) is 25.5. The van der Waals surface area contributed by atoms with Crippen molar-refractivity contribution < 1.29 is 37.3 Å². The second kappa shape index (κ2) is 10.7. The van der Waals surface area contributed by atoms with Gasteiger partial charge in [-0.1, -0.05) is 35.0 Å². The molecule has 0 aliphatic heterocycles. The first-order chi connectivity index (χ1) is 14.9. The molecule has 0 aliphatic carbocycles. The number of alkyl halides is 3. The molecule has 0 unspecified atom stereocenters. The van der Waals surface area contributed by atoms with E-state index < -0.39 is 17.9 Å². The van der Waals surface area contributed by atoms with E-state index in [9.17, 15) is 18.0 Å². The summed E-state index contributed by atoms with van der Waals surface area (Å²) in [5.74, 6) is 4.70. The van der Waals surface area contributed by atoms with Crippen molar-refractivity contribution in [2.75, 3.05) is 6.61 Å². The SMILES string of the molecule is CC(C)(Oc1cc(Cl)c(OCCCC#Cc2ccc(OC(F)(F)F)cc2)cc1Cl)C(=O)O. The molecule has 32 heavy (non-hydrogen) atoms. The van der Waals surface area contributed by atoms with Gasteiger partial charge in [0.2, 0.25) is 0 Å². The number of hydrogen-bond acceptors (Lipinski definition) is 4. The zero-order valence-electron chi connectivity index (χ0n) is 17.1. The van der Waals surface area contributed by atoms with Crippen molar-refractivity contribution in [3.63, 3.8) is 0 Å². The fourth-order valence-corrected chi connectivity index (χ4v) is 2.67. The van der Waals surface area contributed by atoms with Crippen LogP contribution in [0.15, 0.2) is 36.4 Å². The molecule has 0 aromatic heterocycles. The summed E-state index contributed by atoms with van der Waals surface area (Å²) in [5.41, 5.74) is -0.935. The van der Waals surface area contributed by atoms with Crippen molar-refractivity contribution >= 4 is 29.2 Å². The summed E-state index contributed by atoms with van der Waals surface area (Å²) in [5, 5.41) is 9.50. The molecule has 1 N–H and O–H groups in total. The number of benzene rings is 2. The highest BCUT2D eigenvalue weighted by molar-refractivity contribution is 6.35. The lowest BCUT2D eigenvalue weighted by Crippen LogP contribution is -2.37. The third kappa shape index (κ3) is 8.06. The Morgan fingerprint density at radius 1 is 1.03 bits per heavy atom. The van der Waals surface area contributed by atoms with Gasteiger partial charge < -0.3 is 19.3 Å². The van der Waals surface area contributed by atoms with Crippen LogP contribution >= 0.6 is 23.2 Å². The van der Waals surface area contributed by atoms with Crippen molar-refractivity contribution in [3.05, 3.63) is 52.0 Å². The first-order valence-corrected chi connectivity index (χ1v) is 10.0. The molecule has 0 heterocycles. The number of carboxylic acid groups (broad SMARTS) is 1. The van der Waals surface area contributed by atoms with E-state index in [1.54, 1.807) is 0 Å². The van der Waals surface area contributed by atoms with Crippen molar-refractivity contribution in [2.24, 2.45) is 0 Å². The summed E-state index contributed by atoms with van der Waals surface area (Å²) in [6.07, 6.45) is -3.70. The minimum Gasteiger partial charge on any atom is -0.492 e. The summed E-state index contributed by atoms with van der Waals surface area (Å²) < 4.78 is 51.2. The molecule has 172 valence electrons. The highest BCUT2D eigenvalue weighted by Crippen LogP contribution is 2.37. The van der Waals surface area contributed by atoms with Gasteiger partial charge in [0.1, 0.15) is 17.2 Å². The van der Waals surface area contributed by atoms with Crippen LogP contribution < -0.4 is 14.2 Å². The van der Waals surface area contributed by atoms with E-state index in [-0.39, 0.29) is 28.2 Å². The Labute approximate surface area is 193 Å². The highest BCUT2D eigenvalue weighted by Gasteiger charge is 2.31. The Morgan fingerprint density at radius 3 is 2.22 bits per heavy atom. The Morgan fingerprint density at radius 2 is 1.62 bits per heavy atom. The van der Waals surface area contributed by atoms with Crippen molar-refractivity contribution in [1.29, 1.82) is 0 Å². The van der Waals surface area contributed by atoms with E-state index in [1.165, 1.54) is 50.2 Å². The lowest BCUT2D eigenvalue weighted by molar-refractivity contribution is -0.274. The standard InChI is InChI=1S/C22H19Cl2F3O5/c1-21(2,20(28)29)32-19-13-16(23)18(12-17(19)24)30-11-5-3-4-6-14-7-9-15(10-8-14)31-22(25,26)27/h7-10,12-13H,3,5,11H2,1-2H3,(H,28,29). The summed E-state index contributed by atoms with van der Waals surface area (Å²) in [6.45, 7) is 3.05. The molecule has 5 nitrogen and oxygen atoms in total. The molecule has 2 aromatic rings. The molecule has 10 heteroatoms. The second-order valence-corrected chi connectivity index (χ2v) is 7.77. The van der Waals surface area contributed by atoms with Crippen LogP contribution in [0.25, 0.3) is 0 Å². The minimum atomic E-state index is -4.73. The summed E-state index contributed by atoms with van der Waals surface area (Å²) in [7, 11) is 0. The molecule has 0 radical (unpaired) electrons. The first-order valence-electron chi connectivity index (χ1n) is 9.26. The van der Waals surface area contributed by atoms with E-state index in [2.05, 4.69) is 16.6 Å². The third-order valence-electron chi connectivity index (χ3n) is 3.89. The lowest BCUT2D eigenvalue weighted by Gasteiger charge is -2.22. The number of carbonyl (C=O) groups is 1. The molecule has 0 saturated heterocycles. The van der Waals surface area contributed by atoms with Gasteiger partial charge in [-0.2, -0.15) is 0 Å². The van der Waals surface area contributed by atoms with Crippen LogP contribution in [0.1, 0.15) is 32.3 Å². The minimum absolute atomic E-state index is 0.119. The van der Waals surface area contributed by atoms with Crippen LogP contribution in [0.2, 0.25) is 10.0 Å². The van der Waals surface area contributed by atoms with Crippen LogP contribution in [-0.4, -0.2) is 29.6 Å². The number of ether oxygens (including phenoxy) is 3. The monoisotopic (exact) mass is 490 g/mol. The van der Waals surface area contributed by atoms with Crippen LogP contribution in [0.3, 0.4) is 0 Å². The van der Waals surface area contributed by atoms with E-state index in [1.807, 2.05) is 0 Å². The maximum absolute atomic E-state index is 12.1. The maximum atomic E-state index is 12.1. The van der Waals surface area contributed by atoms with E-state index >= 15 is 0 Å². The van der Waals surface area contributed by atoms with Crippen LogP contribution in [-0.2, 0) is 4.79 Å². The Hall–Kier alpha value is -2.76. The fourth-order valence-electron chi connectivity index (χ4n) is 2.26. The summed E-state index contributed by atoms with van der Waals surface area (Å²) >= 11 is 12.3. The Balaban J connectivity index is 1.85. The van der Waals surface area contributed by atoms with Gasteiger partial charge in [0.25, 0.3) is 0 Å². The van der Waals surface area contributed by atoms with Crippen LogP contribution in [0.5, 0.6) is 17.2 Å². The van der Waals surface area contributed by atoms with Gasteiger partial charge in [-0.05, 0) is 44.5 Å². The van der Waals surface area contributed by atoms with Crippen molar-refractivity contribution in [1.82, 2.24) is 0 Å². The molecule has 0 amide bonds. The number of halogens is 5. The number of unbranched alkanes of at least 4 members (excludes halogenated alkanes) is 1. The maximum Gasteiger partial charge on any atom is 0.573 e. The van der Waals surface area contributed by atoms with Gasteiger partial charge in [-0.3, -0.25) is 0 Å². The molecule has 0 aliphatic rings. The van der Waals surface area contributed by atoms with E-state index in [4.69, 9.17) is 37.8 Å². The van der Waals surface area contributed by atoms with Gasteiger partial charge in [0.15, 0.2) is 5.60 Å².